The molecule has 1 aromatic heterocycles. The molecule has 120 valence electrons. The monoisotopic (exact) mass is 332 g/mol. The van der Waals surface area contributed by atoms with Crippen molar-refractivity contribution in [2.75, 3.05) is 13.8 Å². The average Bonchev–Trinajstić information content (AvgIpc) is 3.04. The van der Waals surface area contributed by atoms with Crippen LogP contribution in [-0.2, 0) is 13.1 Å². The summed E-state index contributed by atoms with van der Waals surface area (Å²) in [6.07, 6.45) is 1.74. The fourth-order valence-electron chi connectivity index (χ4n) is 2.15. The van der Waals surface area contributed by atoms with Crippen molar-refractivity contribution in [3.05, 3.63) is 52.8 Å². The van der Waals surface area contributed by atoms with Crippen LogP contribution in [0.15, 0.2) is 41.5 Å². The Morgan fingerprint density at radius 1 is 1.13 bits per heavy atom. The molecule has 0 saturated carbocycles. The number of aromatic nitrogens is 1. The van der Waals surface area contributed by atoms with E-state index in [4.69, 9.17) is 21.1 Å². The molecule has 1 aromatic carbocycles. The van der Waals surface area contributed by atoms with Crippen LogP contribution in [-0.4, -0.2) is 24.8 Å². The van der Waals surface area contributed by atoms with Gasteiger partial charge in [-0.2, -0.15) is 0 Å². The van der Waals surface area contributed by atoms with Crippen molar-refractivity contribution in [2.24, 2.45) is 4.99 Å². The Kier molecular flexibility index (Phi) is 4.83. The Hall–Kier alpha value is -2.47. The number of nitrogens with one attached hydrogen (secondary N) is 2. The molecule has 0 atom stereocenters. The molecule has 2 N–H and O–H groups in total. The van der Waals surface area contributed by atoms with Crippen molar-refractivity contribution in [3.8, 4) is 11.5 Å². The van der Waals surface area contributed by atoms with Crippen LogP contribution in [0.25, 0.3) is 0 Å². The molecule has 3 rings (SSSR count). The lowest BCUT2D eigenvalue weighted by Crippen LogP contribution is -2.36. The van der Waals surface area contributed by atoms with E-state index >= 15 is 0 Å². The standard InChI is InChI=1S/C16H17ClN4O2/c1-18-16(21-9-12-3-5-15(17)19-8-12)20-7-11-2-4-13-14(6-11)23-10-22-13/h2-6,8H,7,9-10H2,1H3,(H2,18,20,21). The Morgan fingerprint density at radius 3 is 2.61 bits per heavy atom. The van der Waals surface area contributed by atoms with E-state index in [9.17, 15) is 0 Å². The number of pyridine rings is 1. The van der Waals surface area contributed by atoms with E-state index < -0.39 is 0 Å². The van der Waals surface area contributed by atoms with Crippen LogP contribution < -0.4 is 20.1 Å². The number of benzene rings is 1. The van der Waals surface area contributed by atoms with Crippen LogP contribution in [0.4, 0.5) is 0 Å². The van der Waals surface area contributed by atoms with Gasteiger partial charge in [-0.05, 0) is 29.3 Å². The quantitative estimate of drug-likeness (QED) is 0.511. The first-order valence-electron chi connectivity index (χ1n) is 7.18. The van der Waals surface area contributed by atoms with Crippen molar-refractivity contribution in [1.82, 2.24) is 15.6 Å². The van der Waals surface area contributed by atoms with Gasteiger partial charge in [-0.15, -0.1) is 0 Å². The molecule has 0 radical (unpaired) electrons. The van der Waals surface area contributed by atoms with Crippen LogP contribution in [0.5, 0.6) is 11.5 Å². The van der Waals surface area contributed by atoms with Crippen molar-refractivity contribution in [3.63, 3.8) is 0 Å². The van der Waals surface area contributed by atoms with Gasteiger partial charge in [-0.25, -0.2) is 4.98 Å². The molecule has 1 aliphatic heterocycles. The first-order valence-corrected chi connectivity index (χ1v) is 7.56. The zero-order valence-corrected chi connectivity index (χ0v) is 13.4. The number of rotatable bonds is 4. The number of nitrogens with zero attached hydrogens (tertiary/aromatic N) is 2. The lowest BCUT2D eigenvalue weighted by Gasteiger charge is -2.12. The minimum Gasteiger partial charge on any atom is -0.454 e. The van der Waals surface area contributed by atoms with Crippen molar-refractivity contribution in [2.45, 2.75) is 13.1 Å². The first-order chi connectivity index (χ1) is 11.2. The predicted molar refractivity (Wildman–Crippen MR) is 88.9 cm³/mol. The number of halogens is 1. The molecule has 7 heteroatoms. The van der Waals surface area contributed by atoms with Crippen LogP contribution in [0.2, 0.25) is 5.15 Å². The third-order valence-electron chi connectivity index (χ3n) is 3.37. The molecule has 0 amide bonds. The van der Waals surface area contributed by atoms with E-state index in [2.05, 4.69) is 20.6 Å². The molecule has 0 saturated heterocycles. The molecule has 0 spiro atoms. The summed E-state index contributed by atoms with van der Waals surface area (Å²) < 4.78 is 10.7. The molecule has 0 bridgehead atoms. The summed E-state index contributed by atoms with van der Waals surface area (Å²) in [6.45, 7) is 1.53. The second-order valence-corrected chi connectivity index (χ2v) is 5.34. The summed E-state index contributed by atoms with van der Waals surface area (Å²) in [7, 11) is 1.73. The highest BCUT2D eigenvalue weighted by atomic mass is 35.5. The second kappa shape index (κ2) is 7.19. The SMILES string of the molecule is CN=C(NCc1ccc(Cl)nc1)NCc1ccc2c(c1)OCO2. The van der Waals surface area contributed by atoms with E-state index in [-0.39, 0.29) is 6.79 Å². The van der Waals surface area contributed by atoms with Crippen LogP contribution >= 0.6 is 11.6 Å². The number of hydrogen-bond acceptors (Lipinski definition) is 4. The molecule has 1 aliphatic rings. The topological polar surface area (TPSA) is 67.8 Å². The van der Waals surface area contributed by atoms with Crippen LogP contribution in [0, 0.1) is 0 Å². The summed E-state index contributed by atoms with van der Waals surface area (Å²) in [5, 5.41) is 6.97. The highest BCUT2D eigenvalue weighted by molar-refractivity contribution is 6.29. The molecule has 0 fully saturated rings. The number of hydrogen-bond donors (Lipinski definition) is 2. The summed E-state index contributed by atoms with van der Waals surface area (Å²) in [4.78, 5) is 8.25. The third-order valence-corrected chi connectivity index (χ3v) is 3.59. The smallest absolute Gasteiger partial charge is 0.231 e. The first kappa shape index (κ1) is 15.4. The number of guanidine groups is 1. The van der Waals surface area contributed by atoms with E-state index in [1.165, 1.54) is 0 Å². The van der Waals surface area contributed by atoms with E-state index in [1.807, 2.05) is 24.3 Å². The van der Waals surface area contributed by atoms with Gasteiger partial charge in [0.15, 0.2) is 17.5 Å². The molecular formula is C16H17ClN4O2. The number of aliphatic imine (C=N–C) groups is 1. The van der Waals surface area contributed by atoms with Gasteiger partial charge < -0.3 is 20.1 Å². The van der Waals surface area contributed by atoms with Crippen LogP contribution in [0.3, 0.4) is 0 Å². The Bertz CT molecular complexity index is 704. The zero-order valence-electron chi connectivity index (χ0n) is 12.7. The average molecular weight is 333 g/mol. The fraction of sp³-hybridized carbons (Fsp3) is 0.250. The predicted octanol–water partition coefficient (Wildman–Crippen LogP) is 2.33. The normalized spacial score (nSPS) is 13.0. The van der Waals surface area contributed by atoms with E-state index in [0.29, 0.717) is 24.2 Å². The molecule has 6 nitrogen and oxygen atoms in total. The maximum Gasteiger partial charge on any atom is 0.231 e. The number of fused-ring (bicyclic) bond motifs is 1. The van der Waals surface area contributed by atoms with Crippen molar-refractivity contribution in [1.29, 1.82) is 0 Å². The summed E-state index contributed by atoms with van der Waals surface area (Å²) >= 11 is 5.77. The maximum absolute atomic E-state index is 5.77. The van der Waals surface area contributed by atoms with Gasteiger partial charge in [0.25, 0.3) is 0 Å². The summed E-state index contributed by atoms with van der Waals surface area (Å²) in [6, 6.07) is 9.56. The Balaban J connectivity index is 1.52. The highest BCUT2D eigenvalue weighted by Crippen LogP contribution is 2.32. The van der Waals surface area contributed by atoms with Gasteiger partial charge >= 0.3 is 0 Å². The minimum atomic E-state index is 0.282. The van der Waals surface area contributed by atoms with Crippen LogP contribution in [0.1, 0.15) is 11.1 Å². The van der Waals surface area contributed by atoms with E-state index in [0.717, 1.165) is 22.6 Å². The molecule has 2 aromatic rings. The lowest BCUT2D eigenvalue weighted by molar-refractivity contribution is 0.174. The summed E-state index contributed by atoms with van der Waals surface area (Å²) in [5.74, 6) is 2.27. The third kappa shape index (κ3) is 4.04. The fourth-order valence-corrected chi connectivity index (χ4v) is 2.27. The molecular weight excluding hydrogens is 316 g/mol. The maximum atomic E-state index is 5.77. The van der Waals surface area contributed by atoms with Gasteiger partial charge in [0.05, 0.1) is 0 Å². The molecule has 23 heavy (non-hydrogen) atoms. The number of ether oxygens (including phenoxy) is 2. The largest absolute Gasteiger partial charge is 0.454 e. The van der Waals surface area contributed by atoms with Gasteiger partial charge in [-0.3, -0.25) is 4.99 Å². The molecule has 0 unspecified atom stereocenters. The van der Waals surface area contributed by atoms with Gasteiger partial charge in [0.1, 0.15) is 5.15 Å². The van der Waals surface area contributed by atoms with Gasteiger partial charge in [-0.1, -0.05) is 23.7 Å². The highest BCUT2D eigenvalue weighted by Gasteiger charge is 2.13. The van der Waals surface area contributed by atoms with Crippen molar-refractivity contribution >= 4 is 17.6 Å². The Morgan fingerprint density at radius 2 is 1.87 bits per heavy atom. The minimum absolute atomic E-state index is 0.282. The molecule has 2 heterocycles. The van der Waals surface area contributed by atoms with E-state index in [1.54, 1.807) is 19.3 Å². The van der Waals surface area contributed by atoms with Crippen molar-refractivity contribution < 1.29 is 9.47 Å². The molecule has 0 aliphatic carbocycles. The Labute approximate surface area is 139 Å². The van der Waals surface area contributed by atoms with Gasteiger partial charge in [0.2, 0.25) is 6.79 Å². The zero-order chi connectivity index (χ0) is 16.1. The summed E-state index contributed by atoms with van der Waals surface area (Å²) in [5.41, 5.74) is 2.12. The van der Waals surface area contributed by atoms with Gasteiger partial charge in [0, 0.05) is 26.3 Å². The second-order valence-electron chi connectivity index (χ2n) is 4.96. The lowest BCUT2D eigenvalue weighted by atomic mass is 10.2.